The molecule has 230 valence electrons. The summed E-state index contributed by atoms with van der Waals surface area (Å²) in [5.74, 6) is -2.58. The van der Waals surface area contributed by atoms with E-state index in [9.17, 15) is 24.0 Å². The molecule has 1 heterocycles. The average Bonchev–Trinajstić information content (AvgIpc) is 3.53. The first kappa shape index (κ1) is 32.3. The van der Waals surface area contributed by atoms with E-state index in [4.69, 9.17) is 9.47 Å². The second kappa shape index (κ2) is 15.7. The lowest BCUT2D eigenvalue weighted by molar-refractivity contribution is -0.158. The fourth-order valence-corrected chi connectivity index (χ4v) is 5.76. The van der Waals surface area contributed by atoms with Gasteiger partial charge in [-0.2, -0.15) is 0 Å². The van der Waals surface area contributed by atoms with Crippen molar-refractivity contribution in [2.24, 2.45) is 0 Å². The Labute approximate surface area is 260 Å². The largest absolute Gasteiger partial charge is 0.457 e. The van der Waals surface area contributed by atoms with Gasteiger partial charge < -0.3 is 25.0 Å². The normalized spacial score (nSPS) is 15.6. The van der Waals surface area contributed by atoms with Crippen molar-refractivity contribution in [3.05, 3.63) is 108 Å². The molecule has 1 aliphatic heterocycles. The zero-order valence-electron chi connectivity index (χ0n) is 24.5. The van der Waals surface area contributed by atoms with Gasteiger partial charge in [-0.1, -0.05) is 91.0 Å². The second-order valence-corrected chi connectivity index (χ2v) is 11.4. The maximum absolute atomic E-state index is 13.9. The molecule has 1 saturated heterocycles. The van der Waals surface area contributed by atoms with Crippen LogP contribution in [0, 0.1) is 0 Å². The molecule has 0 radical (unpaired) electrons. The number of Topliss-reactive ketones (excluding diaryl/α,β-unsaturated/α-hetero) is 1. The number of ether oxygens (including phenoxy) is 2. The van der Waals surface area contributed by atoms with Crippen LogP contribution in [0.15, 0.2) is 91.0 Å². The van der Waals surface area contributed by atoms with Crippen LogP contribution >= 0.6 is 11.8 Å². The van der Waals surface area contributed by atoms with Gasteiger partial charge in [-0.05, 0) is 30.5 Å². The minimum Gasteiger partial charge on any atom is -0.457 e. The number of thioether (sulfide) groups is 1. The summed E-state index contributed by atoms with van der Waals surface area (Å²) < 4.78 is 10.5. The van der Waals surface area contributed by atoms with E-state index >= 15 is 0 Å². The molecule has 11 heteroatoms. The number of benzene rings is 3. The maximum Gasteiger partial charge on any atom is 0.408 e. The van der Waals surface area contributed by atoms with Gasteiger partial charge in [-0.15, -0.1) is 11.8 Å². The summed E-state index contributed by atoms with van der Waals surface area (Å²) in [7, 11) is 0. The van der Waals surface area contributed by atoms with Gasteiger partial charge in [0.25, 0.3) is 11.7 Å². The SMILES string of the molecule is CC(C)OC(=O)C(=O)[C@H](Cc1ccccc1)NC(=O)[C@@H]1CSCN1C(=O)[C@@H](NC(=O)OCc1ccccc1)c1ccccc1. The highest BCUT2D eigenvalue weighted by molar-refractivity contribution is 7.99. The zero-order chi connectivity index (χ0) is 31.5. The number of alkyl carbamates (subject to hydrolysis) is 1. The van der Waals surface area contributed by atoms with Gasteiger partial charge in [-0.25, -0.2) is 9.59 Å². The van der Waals surface area contributed by atoms with E-state index in [2.05, 4.69) is 10.6 Å². The summed E-state index contributed by atoms with van der Waals surface area (Å²) in [5.41, 5.74) is 2.04. The van der Waals surface area contributed by atoms with Crippen LogP contribution in [-0.2, 0) is 41.7 Å². The topological polar surface area (TPSA) is 131 Å². The first-order valence-electron chi connectivity index (χ1n) is 14.2. The highest BCUT2D eigenvalue weighted by Gasteiger charge is 2.40. The molecular formula is C33H35N3O7S. The first-order chi connectivity index (χ1) is 21.2. The molecule has 0 saturated carbocycles. The van der Waals surface area contributed by atoms with Crippen molar-refractivity contribution in [3.8, 4) is 0 Å². The molecule has 3 amide bonds. The lowest BCUT2D eigenvalue weighted by Gasteiger charge is -2.29. The van der Waals surface area contributed by atoms with Crippen molar-refractivity contribution in [2.75, 3.05) is 11.6 Å². The Morgan fingerprint density at radius 3 is 2.05 bits per heavy atom. The Morgan fingerprint density at radius 1 is 0.841 bits per heavy atom. The molecule has 0 aliphatic carbocycles. The number of ketones is 1. The standard InChI is InChI=1S/C33H35N3O7S/c1-22(2)43-32(40)29(37)26(18-23-12-6-3-7-13-23)34-30(38)27-20-44-21-36(27)31(39)28(25-16-10-5-11-17-25)35-33(41)42-19-24-14-8-4-9-15-24/h3-17,22,26-28H,18-21H2,1-2H3,(H,34,38)(H,35,41)/t26-,27-,28-/m0/s1. The highest BCUT2D eigenvalue weighted by atomic mass is 32.2. The second-order valence-electron chi connectivity index (χ2n) is 10.4. The van der Waals surface area contributed by atoms with Gasteiger partial charge in [-0.3, -0.25) is 14.4 Å². The molecule has 0 unspecified atom stereocenters. The first-order valence-corrected chi connectivity index (χ1v) is 15.4. The lowest BCUT2D eigenvalue weighted by atomic mass is 10.0. The van der Waals surface area contributed by atoms with Crippen LogP contribution in [0.2, 0.25) is 0 Å². The van der Waals surface area contributed by atoms with Gasteiger partial charge in [0.1, 0.15) is 24.7 Å². The summed E-state index contributed by atoms with van der Waals surface area (Å²) in [4.78, 5) is 67.3. The Balaban J connectivity index is 1.50. The third kappa shape index (κ3) is 8.93. The van der Waals surface area contributed by atoms with E-state index in [0.29, 0.717) is 5.56 Å². The number of hydrogen-bond acceptors (Lipinski definition) is 8. The molecule has 1 fully saturated rings. The highest BCUT2D eigenvalue weighted by Crippen LogP contribution is 2.26. The molecule has 2 N–H and O–H groups in total. The van der Waals surface area contributed by atoms with E-state index in [1.165, 1.54) is 16.7 Å². The Kier molecular flexibility index (Phi) is 11.5. The van der Waals surface area contributed by atoms with Crippen LogP contribution in [0.25, 0.3) is 0 Å². The third-order valence-corrected chi connectivity index (χ3v) is 7.79. The van der Waals surface area contributed by atoms with E-state index < -0.39 is 53.9 Å². The number of hydrogen-bond donors (Lipinski definition) is 2. The van der Waals surface area contributed by atoms with Gasteiger partial charge in [0, 0.05) is 12.2 Å². The number of nitrogens with zero attached hydrogens (tertiary/aromatic N) is 1. The fourth-order valence-electron chi connectivity index (χ4n) is 4.60. The molecule has 10 nitrogen and oxygen atoms in total. The average molecular weight is 618 g/mol. The van der Waals surface area contributed by atoms with E-state index in [1.807, 2.05) is 36.4 Å². The number of esters is 1. The van der Waals surface area contributed by atoms with E-state index in [0.717, 1.165) is 11.1 Å². The summed E-state index contributed by atoms with van der Waals surface area (Å²) >= 11 is 1.36. The summed E-state index contributed by atoms with van der Waals surface area (Å²) in [6, 6.07) is 23.5. The smallest absolute Gasteiger partial charge is 0.408 e. The summed E-state index contributed by atoms with van der Waals surface area (Å²) in [6.45, 7) is 3.27. The molecule has 3 atom stereocenters. The van der Waals surface area contributed by atoms with Crippen LogP contribution in [0.1, 0.15) is 36.6 Å². The number of carbonyl (C=O) groups excluding carboxylic acids is 5. The van der Waals surface area contributed by atoms with Crippen molar-refractivity contribution >= 4 is 41.4 Å². The predicted octanol–water partition coefficient (Wildman–Crippen LogP) is 3.80. The lowest BCUT2D eigenvalue weighted by Crippen LogP contribution is -2.55. The quantitative estimate of drug-likeness (QED) is 0.232. The minimum absolute atomic E-state index is 0.0169. The molecule has 0 spiro atoms. The molecule has 0 aromatic heterocycles. The third-order valence-electron chi connectivity index (χ3n) is 6.78. The predicted molar refractivity (Wildman–Crippen MR) is 165 cm³/mol. The summed E-state index contributed by atoms with van der Waals surface area (Å²) in [6.07, 6.45) is -1.24. The van der Waals surface area contributed by atoms with E-state index in [-0.39, 0.29) is 24.7 Å². The zero-order valence-corrected chi connectivity index (χ0v) is 25.3. The molecule has 4 rings (SSSR count). The van der Waals surface area contributed by atoms with E-state index in [1.54, 1.807) is 68.4 Å². The van der Waals surface area contributed by atoms with Crippen LogP contribution in [0.3, 0.4) is 0 Å². The Morgan fingerprint density at radius 2 is 1.43 bits per heavy atom. The van der Waals surface area contributed by atoms with Crippen molar-refractivity contribution in [3.63, 3.8) is 0 Å². The van der Waals surface area contributed by atoms with Gasteiger partial charge in [0.2, 0.25) is 5.91 Å². The molecule has 0 bridgehead atoms. The van der Waals surface area contributed by atoms with Crippen LogP contribution in [0.5, 0.6) is 0 Å². The Bertz CT molecular complexity index is 1440. The number of carbonyl (C=O) groups is 5. The van der Waals surface area contributed by atoms with Gasteiger partial charge in [0.15, 0.2) is 0 Å². The van der Waals surface area contributed by atoms with Crippen molar-refractivity contribution in [1.82, 2.24) is 15.5 Å². The number of amides is 3. The van der Waals surface area contributed by atoms with Crippen molar-refractivity contribution in [2.45, 2.75) is 51.1 Å². The summed E-state index contributed by atoms with van der Waals surface area (Å²) in [5, 5.41) is 5.35. The minimum atomic E-state index is -1.20. The number of rotatable bonds is 12. The fraction of sp³-hybridized carbons (Fsp3) is 0.303. The molecule has 3 aromatic carbocycles. The monoisotopic (exact) mass is 617 g/mol. The molecule has 44 heavy (non-hydrogen) atoms. The van der Waals surface area contributed by atoms with Crippen molar-refractivity contribution < 1.29 is 33.4 Å². The maximum atomic E-state index is 13.9. The number of nitrogens with one attached hydrogen (secondary N) is 2. The van der Waals surface area contributed by atoms with Crippen LogP contribution in [-0.4, -0.2) is 64.4 Å². The molecule has 1 aliphatic rings. The molecule has 3 aromatic rings. The molecular weight excluding hydrogens is 582 g/mol. The van der Waals surface area contributed by atoms with Gasteiger partial charge in [0.05, 0.1) is 12.0 Å². The van der Waals surface area contributed by atoms with Crippen LogP contribution < -0.4 is 10.6 Å². The van der Waals surface area contributed by atoms with Crippen molar-refractivity contribution in [1.29, 1.82) is 0 Å². The Hall–Kier alpha value is -4.64. The van der Waals surface area contributed by atoms with Gasteiger partial charge >= 0.3 is 12.1 Å². The van der Waals surface area contributed by atoms with Crippen LogP contribution in [0.4, 0.5) is 4.79 Å².